The first-order valence-electron chi connectivity index (χ1n) is 8.25. The van der Waals surface area contributed by atoms with Crippen molar-refractivity contribution in [2.24, 2.45) is 0 Å². The maximum Gasteiger partial charge on any atom is 0.227 e. The number of amides is 1. The van der Waals surface area contributed by atoms with E-state index in [1.165, 1.54) is 0 Å². The van der Waals surface area contributed by atoms with Crippen LogP contribution in [0, 0.1) is 0 Å². The summed E-state index contributed by atoms with van der Waals surface area (Å²) in [5.74, 6) is 0.373. The smallest absolute Gasteiger partial charge is 0.227 e. The number of fused-ring (bicyclic) bond motifs is 2. The van der Waals surface area contributed by atoms with Crippen molar-refractivity contribution in [2.45, 2.75) is 30.7 Å². The summed E-state index contributed by atoms with van der Waals surface area (Å²) in [6, 6.07) is 5.61. The number of carbonyl (C=O) groups is 1. The molecule has 0 unspecified atom stereocenters. The number of nitrogens with one attached hydrogen (secondary N) is 1. The maximum atomic E-state index is 12.5. The van der Waals surface area contributed by atoms with Gasteiger partial charge in [0, 0.05) is 19.3 Å². The van der Waals surface area contributed by atoms with Crippen LogP contribution in [0.15, 0.2) is 23.1 Å². The molecule has 9 heteroatoms. The van der Waals surface area contributed by atoms with Crippen molar-refractivity contribution in [3.63, 3.8) is 0 Å². The van der Waals surface area contributed by atoms with E-state index in [1.807, 2.05) is 18.2 Å². The maximum absolute atomic E-state index is 12.5. The van der Waals surface area contributed by atoms with Crippen LogP contribution in [0.4, 0.5) is 11.5 Å². The first kappa shape index (κ1) is 17.2. The minimum absolute atomic E-state index is 0.0200. The third-order valence-electron chi connectivity index (χ3n) is 4.69. The number of likely N-dealkylation sites (N-methyl/N-ethyl adjacent to an activating group) is 1. The molecular formula is C17H17ClN4O3S. The molecule has 1 aromatic heterocycles. The Hall–Kier alpha value is -2.19. The number of hydrogen-bond acceptors (Lipinski definition) is 6. The number of halogens is 1. The number of aromatic nitrogens is 2. The van der Waals surface area contributed by atoms with E-state index >= 15 is 0 Å². The fourth-order valence-electron chi connectivity index (χ4n) is 3.38. The van der Waals surface area contributed by atoms with Gasteiger partial charge in [-0.05, 0) is 47.7 Å². The Labute approximate surface area is 156 Å². The second-order valence-electron chi connectivity index (χ2n) is 6.57. The molecule has 1 amide bonds. The summed E-state index contributed by atoms with van der Waals surface area (Å²) >= 11 is 5.99. The van der Waals surface area contributed by atoms with Crippen molar-refractivity contribution in [2.75, 3.05) is 18.1 Å². The topological polar surface area (TPSA) is 92.3 Å². The summed E-state index contributed by atoms with van der Waals surface area (Å²) < 4.78 is 25.0. The lowest BCUT2D eigenvalue weighted by Gasteiger charge is -2.25. The van der Waals surface area contributed by atoms with Gasteiger partial charge in [-0.2, -0.15) is 4.98 Å². The molecule has 0 atom stereocenters. The number of anilines is 2. The molecular weight excluding hydrogens is 376 g/mol. The molecule has 0 radical (unpaired) electrons. The van der Waals surface area contributed by atoms with Gasteiger partial charge in [-0.25, -0.2) is 13.4 Å². The summed E-state index contributed by atoms with van der Waals surface area (Å²) in [6.45, 7) is 0.518. The van der Waals surface area contributed by atoms with E-state index in [1.54, 1.807) is 11.9 Å². The predicted molar refractivity (Wildman–Crippen MR) is 97.3 cm³/mol. The van der Waals surface area contributed by atoms with Gasteiger partial charge >= 0.3 is 0 Å². The van der Waals surface area contributed by atoms with Crippen LogP contribution >= 0.6 is 11.6 Å². The largest absolute Gasteiger partial charge is 0.341 e. The Kier molecular flexibility index (Phi) is 4.11. The number of sulfone groups is 1. The van der Waals surface area contributed by atoms with Crippen molar-refractivity contribution in [1.82, 2.24) is 14.9 Å². The number of rotatable bonds is 2. The normalized spacial score (nSPS) is 18.2. The molecule has 0 bridgehead atoms. The van der Waals surface area contributed by atoms with E-state index in [2.05, 4.69) is 15.3 Å². The van der Waals surface area contributed by atoms with Crippen molar-refractivity contribution < 1.29 is 13.2 Å². The zero-order chi connectivity index (χ0) is 18.5. The lowest BCUT2D eigenvalue weighted by Crippen LogP contribution is -2.32. The highest BCUT2D eigenvalue weighted by Gasteiger charge is 2.30. The monoisotopic (exact) mass is 392 g/mol. The van der Waals surface area contributed by atoms with Crippen molar-refractivity contribution in [3.8, 4) is 0 Å². The van der Waals surface area contributed by atoms with Crippen LogP contribution < -0.4 is 5.32 Å². The highest BCUT2D eigenvalue weighted by atomic mass is 35.5. The summed E-state index contributed by atoms with van der Waals surface area (Å²) in [4.78, 5) is 21.8. The van der Waals surface area contributed by atoms with E-state index in [0.717, 1.165) is 11.1 Å². The quantitative estimate of drug-likeness (QED) is 0.787. The Morgan fingerprint density at radius 2 is 2.04 bits per heavy atom. The molecule has 1 N–H and O–H groups in total. The SMILES string of the molecule is CN1Cc2cc(Nc3nc(Cl)nc4c3S(=O)(=O)CCC4)ccc2CC1=O. The zero-order valence-electron chi connectivity index (χ0n) is 14.1. The van der Waals surface area contributed by atoms with E-state index in [0.29, 0.717) is 37.2 Å². The van der Waals surface area contributed by atoms with Gasteiger partial charge in [-0.1, -0.05) is 6.07 Å². The third-order valence-corrected chi connectivity index (χ3v) is 6.74. The van der Waals surface area contributed by atoms with Gasteiger partial charge in [0.1, 0.15) is 4.90 Å². The van der Waals surface area contributed by atoms with Gasteiger partial charge in [0.15, 0.2) is 15.7 Å². The Morgan fingerprint density at radius 1 is 1.23 bits per heavy atom. The number of carbonyl (C=O) groups excluding carboxylic acids is 1. The van der Waals surface area contributed by atoms with Crippen molar-refractivity contribution >= 4 is 38.9 Å². The molecule has 136 valence electrons. The number of aryl methyl sites for hydroxylation is 1. The molecule has 0 fully saturated rings. The molecule has 4 rings (SSSR count). The number of benzene rings is 1. The van der Waals surface area contributed by atoms with Crippen molar-refractivity contribution in [3.05, 3.63) is 40.3 Å². The Bertz CT molecular complexity index is 1020. The second-order valence-corrected chi connectivity index (χ2v) is 8.96. The van der Waals surface area contributed by atoms with Crippen LogP contribution in [-0.4, -0.2) is 42.0 Å². The molecule has 2 aliphatic heterocycles. The summed E-state index contributed by atoms with van der Waals surface area (Å²) in [5, 5.41) is 3.11. The van der Waals surface area contributed by atoms with E-state index in [-0.39, 0.29) is 27.7 Å². The second kappa shape index (κ2) is 6.21. The first-order chi connectivity index (χ1) is 12.3. The Morgan fingerprint density at radius 3 is 2.85 bits per heavy atom. The van der Waals surface area contributed by atoms with Gasteiger partial charge in [0.05, 0.1) is 17.9 Å². The molecule has 26 heavy (non-hydrogen) atoms. The molecule has 2 aliphatic rings. The average molecular weight is 393 g/mol. The van der Waals surface area contributed by atoms with E-state index in [4.69, 9.17) is 11.6 Å². The molecule has 7 nitrogen and oxygen atoms in total. The molecule has 0 saturated carbocycles. The fraction of sp³-hybridized carbons (Fsp3) is 0.353. The number of nitrogens with zero attached hydrogens (tertiary/aromatic N) is 3. The molecule has 1 aromatic carbocycles. The lowest BCUT2D eigenvalue weighted by atomic mass is 9.99. The standard InChI is InChI=1S/C17H17ClN4O3S/c1-22-9-11-7-12(5-4-10(11)8-14(22)23)19-16-15-13(20-17(18)21-16)3-2-6-26(15,24)25/h4-5,7H,2-3,6,8-9H2,1H3,(H,19,20,21). The number of hydrogen-bond donors (Lipinski definition) is 1. The molecule has 2 aromatic rings. The van der Waals surface area contributed by atoms with E-state index in [9.17, 15) is 13.2 Å². The summed E-state index contributed by atoms with van der Waals surface area (Å²) in [5.41, 5.74) is 3.16. The lowest BCUT2D eigenvalue weighted by molar-refractivity contribution is -0.130. The predicted octanol–water partition coefficient (Wildman–Crippen LogP) is 2.11. The molecule has 0 saturated heterocycles. The van der Waals surface area contributed by atoms with Crippen LogP contribution in [0.3, 0.4) is 0 Å². The van der Waals surface area contributed by atoms with E-state index < -0.39 is 9.84 Å². The van der Waals surface area contributed by atoms with Gasteiger partial charge < -0.3 is 10.2 Å². The molecule has 0 aliphatic carbocycles. The highest BCUT2D eigenvalue weighted by molar-refractivity contribution is 7.91. The Balaban J connectivity index is 1.74. The molecule has 3 heterocycles. The van der Waals surface area contributed by atoms with Crippen LogP contribution in [0.1, 0.15) is 23.2 Å². The minimum atomic E-state index is -3.44. The minimum Gasteiger partial charge on any atom is -0.341 e. The summed E-state index contributed by atoms with van der Waals surface area (Å²) in [7, 11) is -1.68. The van der Waals surface area contributed by atoms with Crippen LogP contribution in [0.2, 0.25) is 5.28 Å². The van der Waals surface area contributed by atoms with Gasteiger partial charge in [0.25, 0.3) is 0 Å². The highest BCUT2D eigenvalue weighted by Crippen LogP contribution is 2.33. The van der Waals surface area contributed by atoms with Crippen LogP contribution in [0.5, 0.6) is 0 Å². The first-order valence-corrected chi connectivity index (χ1v) is 10.3. The van der Waals surface area contributed by atoms with Gasteiger partial charge in [-0.3, -0.25) is 4.79 Å². The van der Waals surface area contributed by atoms with Gasteiger partial charge in [0.2, 0.25) is 11.2 Å². The van der Waals surface area contributed by atoms with Crippen LogP contribution in [0.25, 0.3) is 0 Å². The fourth-order valence-corrected chi connectivity index (χ4v) is 5.19. The van der Waals surface area contributed by atoms with Crippen LogP contribution in [-0.2, 0) is 34.0 Å². The average Bonchev–Trinajstić information content (AvgIpc) is 2.55. The zero-order valence-corrected chi connectivity index (χ0v) is 15.7. The van der Waals surface area contributed by atoms with Crippen molar-refractivity contribution in [1.29, 1.82) is 0 Å². The van der Waals surface area contributed by atoms with Gasteiger partial charge in [-0.15, -0.1) is 0 Å². The molecule has 0 spiro atoms. The third kappa shape index (κ3) is 3.03. The summed E-state index contributed by atoms with van der Waals surface area (Å²) in [6.07, 6.45) is 1.46.